The smallest absolute Gasteiger partial charge is 0.416 e. The predicted octanol–water partition coefficient (Wildman–Crippen LogP) is 2.08. The molecule has 2 aromatic heterocycles. The Morgan fingerprint density at radius 1 is 1.06 bits per heavy atom. The quantitative estimate of drug-likeness (QED) is 0.668. The summed E-state index contributed by atoms with van der Waals surface area (Å²) in [6.45, 7) is 0. The summed E-state index contributed by atoms with van der Waals surface area (Å²) < 4.78 is 1.55. The van der Waals surface area contributed by atoms with E-state index in [1.165, 1.54) is 11.3 Å². The summed E-state index contributed by atoms with van der Waals surface area (Å²) in [7, 11) is 0. The van der Waals surface area contributed by atoms with Gasteiger partial charge in [0.1, 0.15) is 0 Å². The van der Waals surface area contributed by atoms with Crippen molar-refractivity contribution < 1.29 is 15.1 Å². The van der Waals surface area contributed by atoms with Crippen LogP contribution in [-0.4, -0.2) is 15.7 Å². The average molecular weight is 246 g/mol. The minimum Gasteiger partial charge on any atom is -0.870 e. The number of rotatable bonds is 1. The van der Waals surface area contributed by atoms with Gasteiger partial charge in [-0.2, -0.15) is 0 Å². The van der Waals surface area contributed by atoms with Crippen LogP contribution in [0.1, 0.15) is 0 Å². The third-order valence-corrected chi connectivity index (χ3v) is 3.50. The molecule has 1 aromatic carbocycles. The standard InChI is InChI=1S/C12H8N2OS.H2O/c15-12-11(9-5-2-1-3-6-9)16-10-7-4-8-13-14(10)12;/h1-8H;1H2. The van der Waals surface area contributed by atoms with Crippen LogP contribution in [0.5, 0.6) is 5.88 Å². The van der Waals surface area contributed by atoms with E-state index < -0.39 is 0 Å². The Morgan fingerprint density at radius 2 is 1.82 bits per heavy atom. The van der Waals surface area contributed by atoms with Gasteiger partial charge in [-0.3, -0.25) is 0 Å². The molecular formula is C12H10N2O2S. The van der Waals surface area contributed by atoms with Crippen molar-refractivity contribution in [3.05, 3.63) is 48.7 Å². The lowest BCUT2D eigenvalue weighted by Crippen LogP contribution is -2.22. The van der Waals surface area contributed by atoms with Crippen molar-refractivity contribution >= 4 is 16.2 Å². The Bertz CT molecular complexity index is 637. The number of nitrogens with zero attached hydrogens (tertiary/aromatic N) is 2. The van der Waals surface area contributed by atoms with E-state index >= 15 is 0 Å². The van der Waals surface area contributed by atoms with Crippen molar-refractivity contribution in [3.63, 3.8) is 0 Å². The summed E-state index contributed by atoms with van der Waals surface area (Å²) >= 11 is 1.53. The van der Waals surface area contributed by atoms with Crippen molar-refractivity contribution in [2.45, 2.75) is 0 Å². The third-order valence-electron chi connectivity index (χ3n) is 2.36. The zero-order valence-electron chi connectivity index (χ0n) is 8.82. The number of hydrogen-bond acceptors (Lipinski definition) is 4. The molecule has 0 spiro atoms. The Hall–Kier alpha value is -1.98. The third kappa shape index (κ3) is 1.86. The molecule has 0 unspecified atom stereocenters. The molecule has 86 valence electrons. The van der Waals surface area contributed by atoms with E-state index in [0.717, 1.165) is 15.3 Å². The first-order valence-corrected chi connectivity index (χ1v) is 5.72. The highest BCUT2D eigenvalue weighted by Gasteiger charge is 2.22. The fraction of sp³-hybridized carbons (Fsp3) is 0. The van der Waals surface area contributed by atoms with E-state index in [4.69, 9.17) is 0 Å². The lowest BCUT2D eigenvalue weighted by molar-refractivity contribution is -0.584. The first-order chi connectivity index (χ1) is 7.86. The van der Waals surface area contributed by atoms with Crippen molar-refractivity contribution in [2.24, 2.45) is 0 Å². The van der Waals surface area contributed by atoms with Gasteiger partial charge in [-0.1, -0.05) is 41.7 Å². The second-order valence-corrected chi connectivity index (χ2v) is 4.43. The topological polar surface area (TPSA) is 67.2 Å². The molecule has 0 saturated carbocycles. The summed E-state index contributed by atoms with van der Waals surface area (Å²) in [6.07, 6.45) is 1.66. The van der Waals surface area contributed by atoms with Gasteiger partial charge < -0.3 is 10.6 Å². The molecule has 0 saturated heterocycles. The molecule has 0 radical (unpaired) electrons. The van der Waals surface area contributed by atoms with Gasteiger partial charge in [-0.15, -0.1) is 0 Å². The van der Waals surface area contributed by atoms with E-state index in [0.29, 0.717) is 0 Å². The van der Waals surface area contributed by atoms with Crippen LogP contribution in [0.25, 0.3) is 15.3 Å². The highest BCUT2D eigenvalue weighted by atomic mass is 32.1. The Morgan fingerprint density at radius 3 is 2.53 bits per heavy atom. The molecule has 0 aliphatic carbocycles. The average Bonchev–Trinajstić information content (AvgIpc) is 2.69. The lowest BCUT2D eigenvalue weighted by Gasteiger charge is -1.91. The number of aromatic hydroxyl groups is 1. The van der Waals surface area contributed by atoms with Crippen LogP contribution >= 0.6 is 11.3 Å². The second-order valence-electron chi connectivity index (χ2n) is 3.39. The van der Waals surface area contributed by atoms with Crippen LogP contribution in [0.3, 0.4) is 0 Å². The van der Waals surface area contributed by atoms with Crippen LogP contribution in [0.4, 0.5) is 0 Å². The van der Waals surface area contributed by atoms with E-state index in [1.54, 1.807) is 10.7 Å². The van der Waals surface area contributed by atoms with Gasteiger partial charge >= 0.3 is 5.88 Å². The van der Waals surface area contributed by atoms with Gasteiger partial charge in [0.15, 0.2) is 4.88 Å². The fourth-order valence-corrected chi connectivity index (χ4v) is 2.63. The van der Waals surface area contributed by atoms with Gasteiger partial charge in [-0.05, 0) is 6.07 Å². The van der Waals surface area contributed by atoms with Crippen LogP contribution in [0.2, 0.25) is 0 Å². The van der Waals surface area contributed by atoms with E-state index in [1.807, 2.05) is 42.5 Å². The summed E-state index contributed by atoms with van der Waals surface area (Å²) in [5.74, 6) is 0.201. The van der Waals surface area contributed by atoms with E-state index in [2.05, 4.69) is 5.10 Å². The molecule has 3 rings (SSSR count). The summed E-state index contributed by atoms with van der Waals surface area (Å²) in [6, 6.07) is 13.6. The maximum atomic E-state index is 10.1. The van der Waals surface area contributed by atoms with Gasteiger partial charge in [0.25, 0.3) is 4.83 Å². The maximum absolute atomic E-state index is 10.1. The molecule has 0 bridgehead atoms. The molecule has 3 aromatic rings. The largest absolute Gasteiger partial charge is 0.870 e. The van der Waals surface area contributed by atoms with Crippen molar-refractivity contribution in [1.29, 1.82) is 0 Å². The molecular weight excluding hydrogens is 236 g/mol. The van der Waals surface area contributed by atoms with Gasteiger partial charge in [-0.25, -0.2) is 0 Å². The monoisotopic (exact) mass is 246 g/mol. The second kappa shape index (κ2) is 4.48. The minimum atomic E-state index is 0. The van der Waals surface area contributed by atoms with Crippen LogP contribution in [-0.2, 0) is 0 Å². The summed E-state index contributed by atoms with van der Waals surface area (Å²) in [4.78, 5) is 1.78. The van der Waals surface area contributed by atoms with Crippen LogP contribution in [0, 0.1) is 0 Å². The first-order valence-electron chi connectivity index (χ1n) is 4.90. The number of fused-ring (bicyclic) bond motifs is 1. The Kier molecular flexibility index (Phi) is 3.03. The van der Waals surface area contributed by atoms with Gasteiger partial charge in [0.05, 0.1) is 6.20 Å². The van der Waals surface area contributed by atoms with Crippen molar-refractivity contribution in [2.75, 3.05) is 0 Å². The van der Waals surface area contributed by atoms with Crippen molar-refractivity contribution in [1.82, 2.24) is 5.10 Å². The van der Waals surface area contributed by atoms with Gasteiger partial charge in [0.2, 0.25) is 0 Å². The minimum absolute atomic E-state index is 0. The highest BCUT2D eigenvalue weighted by molar-refractivity contribution is 7.20. The zero-order chi connectivity index (χ0) is 11.0. The fourth-order valence-electron chi connectivity index (χ4n) is 1.62. The number of thiazole rings is 1. The molecule has 0 aliphatic heterocycles. The SMILES string of the molecule is Oc1c(-c2ccccc2)sc2cccn[n+]12.[OH-]. The van der Waals surface area contributed by atoms with Crippen LogP contribution < -0.4 is 4.52 Å². The molecule has 2 heterocycles. The maximum Gasteiger partial charge on any atom is 0.416 e. The molecule has 2 N–H and O–H groups in total. The Labute approximate surface area is 102 Å². The highest BCUT2D eigenvalue weighted by Crippen LogP contribution is 2.32. The molecule has 5 heteroatoms. The lowest BCUT2D eigenvalue weighted by atomic mass is 10.2. The molecule has 0 fully saturated rings. The van der Waals surface area contributed by atoms with Crippen LogP contribution in [0.15, 0.2) is 48.7 Å². The molecule has 0 amide bonds. The van der Waals surface area contributed by atoms with Gasteiger partial charge in [0, 0.05) is 21.2 Å². The molecule has 4 nitrogen and oxygen atoms in total. The van der Waals surface area contributed by atoms with Crippen molar-refractivity contribution in [3.8, 4) is 16.3 Å². The summed E-state index contributed by atoms with van der Waals surface area (Å²) in [5.41, 5.74) is 1.01. The molecule has 0 atom stereocenters. The first kappa shape index (κ1) is 11.5. The van der Waals surface area contributed by atoms with E-state index in [9.17, 15) is 5.11 Å². The predicted molar refractivity (Wildman–Crippen MR) is 64.3 cm³/mol. The number of benzene rings is 1. The molecule has 0 aliphatic rings. The summed E-state index contributed by atoms with van der Waals surface area (Å²) in [5, 5.41) is 14.2. The number of aromatic nitrogens is 2. The zero-order valence-corrected chi connectivity index (χ0v) is 9.63. The van der Waals surface area contributed by atoms with E-state index in [-0.39, 0.29) is 11.4 Å². The normalized spacial score (nSPS) is 10.1. The Balaban J connectivity index is 0.00000108. The number of hydrogen-bond donors (Lipinski definition) is 1. The molecule has 17 heavy (non-hydrogen) atoms.